The summed E-state index contributed by atoms with van der Waals surface area (Å²) >= 11 is 0. The Labute approximate surface area is 170 Å². The first-order valence-electron chi connectivity index (χ1n) is 10.4. The van der Waals surface area contributed by atoms with Crippen molar-refractivity contribution in [1.82, 2.24) is 20.8 Å². The number of fused-ring (bicyclic) bond motifs is 2. The molecule has 0 aromatic heterocycles. The molecule has 1 saturated carbocycles. The number of rotatable bonds is 5. The van der Waals surface area contributed by atoms with Crippen LogP contribution in [0.4, 0.5) is 4.79 Å². The summed E-state index contributed by atoms with van der Waals surface area (Å²) in [5.74, 6) is 0.00946. The maximum atomic E-state index is 12.8. The van der Waals surface area contributed by atoms with Gasteiger partial charge in [-0.25, -0.2) is 4.79 Å². The first-order valence-corrected chi connectivity index (χ1v) is 10.4. The second kappa shape index (κ2) is 8.41. The summed E-state index contributed by atoms with van der Waals surface area (Å²) in [4.78, 5) is 44.9. The number of piperidine rings is 1. The molecule has 0 unspecified atom stereocenters. The van der Waals surface area contributed by atoms with E-state index in [-0.39, 0.29) is 29.8 Å². The molecule has 4 amide bonds. The first-order chi connectivity index (χ1) is 14.0. The fraction of sp³-hybridized carbons (Fsp3) is 0.571. The minimum atomic E-state index is -0.591. The predicted molar refractivity (Wildman–Crippen MR) is 105 cm³/mol. The van der Waals surface area contributed by atoms with E-state index >= 15 is 0 Å². The van der Waals surface area contributed by atoms with Crippen LogP contribution in [0.1, 0.15) is 44.6 Å². The summed E-state index contributed by atoms with van der Waals surface area (Å²) in [7, 11) is 0. The minimum absolute atomic E-state index is 0.0451. The lowest BCUT2D eigenvalue weighted by molar-refractivity contribution is -0.140. The molecule has 0 radical (unpaired) electrons. The van der Waals surface area contributed by atoms with Crippen molar-refractivity contribution >= 4 is 17.8 Å². The van der Waals surface area contributed by atoms with Crippen LogP contribution >= 0.6 is 0 Å². The Morgan fingerprint density at radius 1 is 1.07 bits per heavy atom. The molecule has 2 aliphatic heterocycles. The Kier molecular flexibility index (Phi) is 5.71. The number of carbonyl (C=O) groups is 3. The van der Waals surface area contributed by atoms with Gasteiger partial charge in [0, 0.05) is 12.5 Å². The molecule has 4 rings (SSSR count). The van der Waals surface area contributed by atoms with Crippen LogP contribution in [0.25, 0.3) is 0 Å². The van der Waals surface area contributed by atoms with Crippen molar-refractivity contribution in [3.05, 3.63) is 35.9 Å². The van der Waals surface area contributed by atoms with Gasteiger partial charge in [0.25, 0.3) is 5.91 Å². The summed E-state index contributed by atoms with van der Waals surface area (Å²) in [5.41, 5.74) is 6.06. The molecule has 2 heterocycles. The number of amides is 4. The summed E-state index contributed by atoms with van der Waals surface area (Å²) in [5, 5.41) is 1.40. The molecule has 3 aliphatic rings. The number of urea groups is 1. The summed E-state index contributed by atoms with van der Waals surface area (Å²) < 4.78 is 0. The molecule has 3 fully saturated rings. The van der Waals surface area contributed by atoms with Crippen molar-refractivity contribution in [2.24, 2.45) is 11.8 Å². The van der Waals surface area contributed by atoms with Crippen LogP contribution in [0, 0.1) is 11.8 Å². The molecule has 1 aromatic rings. The van der Waals surface area contributed by atoms with Crippen LogP contribution < -0.4 is 10.9 Å². The summed E-state index contributed by atoms with van der Waals surface area (Å²) in [6, 6.07) is 8.73. The van der Waals surface area contributed by atoms with Crippen LogP contribution in [0.2, 0.25) is 0 Å². The van der Waals surface area contributed by atoms with Crippen LogP contribution in [-0.2, 0) is 21.0 Å². The normalized spacial score (nSPS) is 28.5. The van der Waals surface area contributed by atoms with E-state index < -0.39 is 6.04 Å². The molecule has 0 spiro atoms. The molecule has 2 saturated heterocycles. The van der Waals surface area contributed by atoms with Crippen molar-refractivity contribution in [3.8, 4) is 0 Å². The van der Waals surface area contributed by atoms with Crippen molar-refractivity contribution < 1.29 is 19.2 Å². The maximum Gasteiger partial charge on any atom is 0.345 e. The molecule has 1 aromatic carbocycles. The smallest absolute Gasteiger partial charge is 0.309 e. The van der Waals surface area contributed by atoms with Gasteiger partial charge >= 0.3 is 6.03 Å². The van der Waals surface area contributed by atoms with Gasteiger partial charge in [-0.2, -0.15) is 5.06 Å². The van der Waals surface area contributed by atoms with Gasteiger partial charge in [-0.1, -0.05) is 37.3 Å². The second-order valence-electron chi connectivity index (χ2n) is 8.36. The standard InChI is InChI=1S/C21H28N4O4/c1-14-7-8-16(11-14)19(26)22-23-20(27)18-10-9-17-12-24(18)21(28)25(17)29-13-15-5-3-2-4-6-15/h2-6,14,16-18H,7-13H2,1H3,(H,22,26)(H,23,27)/t14-,16+,17+,18-/m0/s1. The summed E-state index contributed by atoms with van der Waals surface area (Å²) in [6.45, 7) is 2.90. The van der Waals surface area contributed by atoms with Gasteiger partial charge in [0.15, 0.2) is 0 Å². The third kappa shape index (κ3) is 4.22. The number of nitrogens with zero attached hydrogens (tertiary/aromatic N) is 2. The molecule has 29 heavy (non-hydrogen) atoms. The zero-order valence-corrected chi connectivity index (χ0v) is 16.7. The first kappa shape index (κ1) is 19.7. The minimum Gasteiger partial charge on any atom is -0.309 e. The molecular formula is C21H28N4O4. The highest BCUT2D eigenvalue weighted by molar-refractivity contribution is 5.90. The number of nitrogens with one attached hydrogen (secondary N) is 2. The van der Waals surface area contributed by atoms with E-state index in [9.17, 15) is 14.4 Å². The Morgan fingerprint density at radius 3 is 2.55 bits per heavy atom. The van der Waals surface area contributed by atoms with Gasteiger partial charge in [-0.05, 0) is 43.6 Å². The average Bonchev–Trinajstić information content (AvgIpc) is 3.27. The van der Waals surface area contributed by atoms with E-state index in [1.807, 2.05) is 30.3 Å². The lowest BCUT2D eigenvalue weighted by atomic mass is 10.0. The predicted octanol–water partition coefficient (Wildman–Crippen LogP) is 1.97. The van der Waals surface area contributed by atoms with E-state index in [2.05, 4.69) is 17.8 Å². The molecule has 156 valence electrons. The van der Waals surface area contributed by atoms with Crippen molar-refractivity contribution in [2.75, 3.05) is 6.54 Å². The highest BCUT2D eigenvalue weighted by atomic mass is 16.7. The Bertz CT molecular complexity index is 771. The highest BCUT2D eigenvalue weighted by Gasteiger charge is 2.48. The van der Waals surface area contributed by atoms with Crippen molar-refractivity contribution in [2.45, 2.75) is 57.7 Å². The SMILES string of the molecule is C[C@H]1CC[C@@H](C(=O)NNC(=O)[C@@H]2CC[C@@H]3CN2C(=O)N3OCc2ccccc2)C1. The van der Waals surface area contributed by atoms with Gasteiger partial charge in [0.2, 0.25) is 5.91 Å². The number of hydrogen-bond acceptors (Lipinski definition) is 4. The van der Waals surface area contributed by atoms with E-state index in [1.165, 1.54) is 9.96 Å². The van der Waals surface area contributed by atoms with Gasteiger partial charge < -0.3 is 4.90 Å². The van der Waals surface area contributed by atoms with E-state index in [4.69, 9.17) is 4.84 Å². The highest BCUT2D eigenvalue weighted by Crippen LogP contribution is 2.31. The lowest BCUT2D eigenvalue weighted by Crippen LogP contribution is -2.54. The molecule has 1 aliphatic carbocycles. The Hall–Kier alpha value is -2.61. The molecular weight excluding hydrogens is 372 g/mol. The van der Waals surface area contributed by atoms with Crippen LogP contribution in [0.5, 0.6) is 0 Å². The third-order valence-electron chi connectivity index (χ3n) is 6.21. The Morgan fingerprint density at radius 2 is 1.83 bits per heavy atom. The average molecular weight is 400 g/mol. The van der Waals surface area contributed by atoms with Crippen LogP contribution in [0.15, 0.2) is 30.3 Å². The molecule has 2 bridgehead atoms. The Balaban J connectivity index is 1.29. The summed E-state index contributed by atoms with van der Waals surface area (Å²) in [6.07, 6.45) is 3.97. The van der Waals surface area contributed by atoms with E-state index in [0.29, 0.717) is 31.9 Å². The second-order valence-corrected chi connectivity index (χ2v) is 8.36. The van der Waals surface area contributed by atoms with Gasteiger partial charge in [-0.15, -0.1) is 0 Å². The molecule has 8 nitrogen and oxygen atoms in total. The fourth-order valence-electron chi connectivity index (χ4n) is 4.54. The van der Waals surface area contributed by atoms with Gasteiger partial charge in [0.05, 0.1) is 6.04 Å². The van der Waals surface area contributed by atoms with Crippen LogP contribution in [-0.4, -0.2) is 46.4 Å². The molecule has 4 atom stereocenters. The number of hydroxylamine groups is 2. The fourth-order valence-corrected chi connectivity index (χ4v) is 4.54. The monoisotopic (exact) mass is 400 g/mol. The maximum absolute atomic E-state index is 12.8. The topological polar surface area (TPSA) is 91.0 Å². The zero-order valence-electron chi connectivity index (χ0n) is 16.7. The number of hydrogen-bond donors (Lipinski definition) is 2. The van der Waals surface area contributed by atoms with Crippen molar-refractivity contribution in [1.29, 1.82) is 0 Å². The lowest BCUT2D eigenvalue weighted by Gasteiger charge is -2.29. The largest absolute Gasteiger partial charge is 0.345 e. The van der Waals surface area contributed by atoms with E-state index in [0.717, 1.165) is 24.8 Å². The third-order valence-corrected chi connectivity index (χ3v) is 6.21. The van der Waals surface area contributed by atoms with Gasteiger partial charge in [-0.3, -0.25) is 25.3 Å². The van der Waals surface area contributed by atoms with Crippen LogP contribution in [0.3, 0.4) is 0 Å². The zero-order chi connectivity index (χ0) is 20.4. The molecule has 2 N–H and O–H groups in total. The molecule has 8 heteroatoms. The van der Waals surface area contributed by atoms with Gasteiger partial charge in [0.1, 0.15) is 12.6 Å². The number of hydrazine groups is 1. The van der Waals surface area contributed by atoms with E-state index in [1.54, 1.807) is 0 Å². The number of carbonyl (C=O) groups excluding carboxylic acids is 3. The van der Waals surface area contributed by atoms with Crippen molar-refractivity contribution in [3.63, 3.8) is 0 Å². The number of benzene rings is 1. The quantitative estimate of drug-likeness (QED) is 0.740.